The van der Waals surface area contributed by atoms with Gasteiger partial charge in [0.05, 0.1) is 25.0 Å². The van der Waals surface area contributed by atoms with Crippen LogP contribution in [0.25, 0.3) is 11.2 Å². The smallest absolute Gasteiger partial charge is 0.305 e. The molecule has 2 rings (SSSR count). The number of esters is 1. The number of hydrogen-bond acceptors (Lipinski definition) is 8. The highest BCUT2D eigenvalue weighted by Gasteiger charge is 2.31. The summed E-state index contributed by atoms with van der Waals surface area (Å²) in [6, 6.07) is 0. The number of aryl methyl sites for hydroxylation is 1. The van der Waals surface area contributed by atoms with E-state index >= 15 is 0 Å². The van der Waals surface area contributed by atoms with E-state index in [0.717, 1.165) is 25.7 Å². The van der Waals surface area contributed by atoms with Crippen LogP contribution in [0.5, 0.6) is 0 Å². The van der Waals surface area contributed by atoms with Crippen LogP contribution in [-0.4, -0.2) is 55.5 Å². The average molecular weight is 395 g/mol. The van der Waals surface area contributed by atoms with Crippen LogP contribution in [0.4, 0.5) is 5.95 Å². The summed E-state index contributed by atoms with van der Waals surface area (Å²) in [6.07, 6.45) is 5.97. The number of nitrogen functional groups attached to an aromatic ring is 1. The lowest BCUT2D eigenvalue weighted by Gasteiger charge is -2.29. The van der Waals surface area contributed by atoms with Crippen molar-refractivity contribution in [1.82, 2.24) is 19.5 Å². The van der Waals surface area contributed by atoms with Gasteiger partial charge in [0.1, 0.15) is 6.61 Å². The molecule has 0 bridgehead atoms. The van der Waals surface area contributed by atoms with Crippen molar-refractivity contribution in [3.05, 3.63) is 16.7 Å². The van der Waals surface area contributed by atoms with Gasteiger partial charge in [0.25, 0.3) is 5.56 Å². The molecule has 0 unspecified atom stereocenters. The number of aliphatic hydroxyl groups is 2. The van der Waals surface area contributed by atoms with E-state index in [1.165, 1.54) is 6.33 Å². The Labute approximate surface area is 162 Å². The highest BCUT2D eigenvalue weighted by atomic mass is 16.5. The zero-order valence-corrected chi connectivity index (χ0v) is 16.2. The minimum atomic E-state index is -0.998. The molecular weight excluding hydrogens is 366 g/mol. The van der Waals surface area contributed by atoms with Crippen LogP contribution in [-0.2, 0) is 16.1 Å². The predicted molar refractivity (Wildman–Crippen MR) is 104 cm³/mol. The van der Waals surface area contributed by atoms with Gasteiger partial charge >= 0.3 is 5.97 Å². The van der Waals surface area contributed by atoms with E-state index in [-0.39, 0.29) is 37.3 Å². The van der Waals surface area contributed by atoms with Crippen LogP contribution >= 0.6 is 0 Å². The van der Waals surface area contributed by atoms with E-state index in [1.54, 1.807) is 4.57 Å². The Balaban J connectivity index is 1.98. The molecule has 0 aromatic carbocycles. The summed E-state index contributed by atoms with van der Waals surface area (Å²) in [5.41, 5.74) is 4.62. The molecule has 156 valence electrons. The summed E-state index contributed by atoms with van der Waals surface area (Å²) in [5.74, 6) is -0.358. The zero-order valence-electron chi connectivity index (χ0n) is 16.2. The quantitative estimate of drug-likeness (QED) is 0.300. The predicted octanol–water partition coefficient (Wildman–Crippen LogP) is 0.577. The summed E-state index contributed by atoms with van der Waals surface area (Å²) < 4.78 is 6.91. The summed E-state index contributed by atoms with van der Waals surface area (Å²) in [7, 11) is 0. The highest BCUT2D eigenvalue weighted by molar-refractivity contribution is 5.70. The standard InChI is InChI=1S/C18H29N5O5/c1-2-3-4-5-6-13(26)28-11-18(9-24,10-25)7-8-23-12-20-14-15(23)21-17(19)22-16(14)27/h12,24-25H,2-11H2,1H3,(H3,19,21,22,27). The largest absolute Gasteiger partial charge is 0.465 e. The number of ether oxygens (including phenoxy) is 1. The molecule has 0 spiro atoms. The first-order valence-corrected chi connectivity index (χ1v) is 9.52. The minimum absolute atomic E-state index is 0.0215. The molecule has 2 aromatic rings. The molecule has 28 heavy (non-hydrogen) atoms. The number of imidazole rings is 1. The number of aromatic nitrogens is 4. The first-order valence-electron chi connectivity index (χ1n) is 9.52. The van der Waals surface area contributed by atoms with E-state index in [9.17, 15) is 19.8 Å². The van der Waals surface area contributed by atoms with Crippen molar-refractivity contribution in [3.8, 4) is 0 Å². The van der Waals surface area contributed by atoms with Gasteiger partial charge in [0.2, 0.25) is 5.95 Å². The third-order valence-corrected chi connectivity index (χ3v) is 4.82. The van der Waals surface area contributed by atoms with Gasteiger partial charge in [-0.05, 0) is 12.8 Å². The number of carbonyl (C=O) groups is 1. The van der Waals surface area contributed by atoms with Gasteiger partial charge in [-0.25, -0.2) is 4.98 Å². The van der Waals surface area contributed by atoms with Crippen LogP contribution in [0.1, 0.15) is 45.4 Å². The molecule has 0 radical (unpaired) electrons. The lowest BCUT2D eigenvalue weighted by atomic mass is 9.87. The molecule has 10 heteroatoms. The van der Waals surface area contributed by atoms with E-state index in [2.05, 4.69) is 21.9 Å². The third kappa shape index (κ3) is 5.52. The number of carbonyl (C=O) groups excluding carboxylic acids is 1. The first kappa shape index (κ1) is 21.8. The lowest BCUT2D eigenvalue weighted by molar-refractivity contribution is -0.150. The molecule has 0 atom stereocenters. The maximum atomic E-state index is 11.9. The SMILES string of the molecule is CCCCCCC(=O)OCC(CO)(CO)CCn1cnc2c(=O)[nH]c(N)nc21. The first-order chi connectivity index (χ1) is 13.4. The summed E-state index contributed by atoms with van der Waals surface area (Å²) >= 11 is 0. The Kier molecular flexibility index (Phi) is 7.94. The van der Waals surface area contributed by atoms with Crippen molar-refractivity contribution < 1.29 is 19.7 Å². The number of hydrogen-bond donors (Lipinski definition) is 4. The monoisotopic (exact) mass is 395 g/mol. The van der Waals surface area contributed by atoms with Crippen molar-refractivity contribution in [2.75, 3.05) is 25.6 Å². The Hall–Kier alpha value is -2.46. The van der Waals surface area contributed by atoms with Gasteiger partial charge in [-0.2, -0.15) is 4.98 Å². The summed E-state index contributed by atoms with van der Waals surface area (Å²) in [6.45, 7) is 1.61. The lowest BCUT2D eigenvalue weighted by Crippen LogP contribution is -2.37. The molecule has 2 aromatic heterocycles. The second kappa shape index (κ2) is 10.2. The molecule has 10 nitrogen and oxygen atoms in total. The number of unbranched alkanes of at least 4 members (excludes halogenated alkanes) is 3. The van der Waals surface area contributed by atoms with E-state index in [4.69, 9.17) is 10.5 Å². The van der Waals surface area contributed by atoms with E-state index < -0.39 is 11.0 Å². The van der Waals surface area contributed by atoms with Crippen LogP contribution in [0, 0.1) is 5.41 Å². The van der Waals surface area contributed by atoms with Crippen LogP contribution in [0.3, 0.4) is 0 Å². The van der Waals surface area contributed by atoms with Gasteiger partial charge in [0, 0.05) is 13.0 Å². The molecular formula is C18H29N5O5. The summed E-state index contributed by atoms with van der Waals surface area (Å²) in [5, 5.41) is 19.6. The molecule has 0 fully saturated rings. The topological polar surface area (TPSA) is 156 Å². The van der Waals surface area contributed by atoms with Gasteiger partial charge in [-0.1, -0.05) is 26.2 Å². The fourth-order valence-electron chi connectivity index (χ4n) is 2.87. The minimum Gasteiger partial charge on any atom is -0.465 e. The summed E-state index contributed by atoms with van der Waals surface area (Å²) in [4.78, 5) is 34.2. The van der Waals surface area contributed by atoms with Crippen LogP contribution < -0.4 is 11.3 Å². The number of H-pyrrole nitrogens is 1. The number of fused-ring (bicyclic) bond motifs is 1. The van der Waals surface area contributed by atoms with Crippen molar-refractivity contribution in [2.24, 2.45) is 5.41 Å². The van der Waals surface area contributed by atoms with E-state index in [1.807, 2.05) is 0 Å². The second-order valence-corrected chi connectivity index (χ2v) is 7.10. The van der Waals surface area contributed by atoms with Crippen molar-refractivity contribution in [3.63, 3.8) is 0 Å². The van der Waals surface area contributed by atoms with Gasteiger partial charge in [-0.3, -0.25) is 14.6 Å². The zero-order chi connectivity index (χ0) is 20.6. The molecule has 0 amide bonds. The second-order valence-electron chi connectivity index (χ2n) is 7.10. The number of nitrogens with zero attached hydrogens (tertiary/aromatic N) is 3. The fourth-order valence-corrected chi connectivity index (χ4v) is 2.87. The van der Waals surface area contributed by atoms with E-state index in [0.29, 0.717) is 25.0 Å². The molecule has 0 saturated carbocycles. The molecule has 0 aliphatic heterocycles. The Morgan fingerprint density at radius 1 is 1.32 bits per heavy atom. The maximum Gasteiger partial charge on any atom is 0.305 e. The number of aliphatic hydroxyl groups excluding tert-OH is 2. The van der Waals surface area contributed by atoms with Crippen molar-refractivity contribution >= 4 is 23.1 Å². The van der Waals surface area contributed by atoms with Crippen molar-refractivity contribution in [2.45, 2.75) is 52.0 Å². The average Bonchev–Trinajstić information content (AvgIpc) is 3.09. The third-order valence-electron chi connectivity index (χ3n) is 4.82. The fraction of sp³-hybridized carbons (Fsp3) is 0.667. The van der Waals surface area contributed by atoms with Gasteiger partial charge < -0.3 is 25.3 Å². The molecule has 0 saturated heterocycles. The molecule has 5 N–H and O–H groups in total. The molecule has 0 aliphatic rings. The normalized spacial score (nSPS) is 11.8. The number of anilines is 1. The number of nitrogens with two attached hydrogens (primary N) is 1. The number of rotatable bonds is 12. The number of aromatic amines is 1. The number of nitrogens with one attached hydrogen (secondary N) is 1. The van der Waals surface area contributed by atoms with Gasteiger partial charge in [-0.15, -0.1) is 0 Å². The van der Waals surface area contributed by atoms with Crippen molar-refractivity contribution in [1.29, 1.82) is 0 Å². The van der Waals surface area contributed by atoms with Crippen LogP contribution in [0.2, 0.25) is 0 Å². The van der Waals surface area contributed by atoms with Gasteiger partial charge in [0.15, 0.2) is 11.2 Å². The molecule has 2 heterocycles. The highest BCUT2D eigenvalue weighted by Crippen LogP contribution is 2.24. The maximum absolute atomic E-state index is 11.9. The Morgan fingerprint density at radius 3 is 2.75 bits per heavy atom. The Bertz CT molecular complexity index is 827. The Morgan fingerprint density at radius 2 is 2.07 bits per heavy atom. The van der Waals surface area contributed by atoms with Crippen LogP contribution in [0.15, 0.2) is 11.1 Å². The molecule has 0 aliphatic carbocycles.